The molecule has 0 aliphatic rings. The predicted molar refractivity (Wildman–Crippen MR) is 120 cm³/mol. The number of rotatable bonds is 20. The van der Waals surface area contributed by atoms with Gasteiger partial charge in [0, 0.05) is 20.0 Å². The van der Waals surface area contributed by atoms with Gasteiger partial charge in [0.2, 0.25) is 5.91 Å². The Morgan fingerprint density at radius 2 is 0.963 bits per heavy atom. The van der Waals surface area contributed by atoms with Crippen molar-refractivity contribution >= 4 is 5.91 Å². The summed E-state index contributed by atoms with van der Waals surface area (Å²) in [4.78, 5) is 16.1. The van der Waals surface area contributed by atoms with E-state index in [1.54, 1.807) is 0 Å². The molecule has 3 nitrogen and oxygen atoms in total. The van der Waals surface area contributed by atoms with Gasteiger partial charge in [-0.05, 0) is 33.5 Å². The molecule has 0 fully saturated rings. The first kappa shape index (κ1) is 26.4. The second-order valence-corrected chi connectivity index (χ2v) is 8.67. The summed E-state index contributed by atoms with van der Waals surface area (Å²) in [5.41, 5.74) is 0. The Labute approximate surface area is 171 Å². The van der Waals surface area contributed by atoms with Crippen molar-refractivity contribution in [2.24, 2.45) is 0 Å². The highest BCUT2D eigenvalue weighted by atomic mass is 16.2. The molecule has 0 aromatic rings. The van der Waals surface area contributed by atoms with Crippen LogP contribution in [0.5, 0.6) is 0 Å². The number of nitrogens with zero attached hydrogens (tertiary/aromatic N) is 2. The largest absolute Gasteiger partial charge is 0.346 e. The van der Waals surface area contributed by atoms with Gasteiger partial charge in [-0.2, -0.15) is 0 Å². The zero-order valence-corrected chi connectivity index (χ0v) is 19.2. The Morgan fingerprint density at radius 3 is 1.37 bits per heavy atom. The quantitative estimate of drug-likeness (QED) is 0.220. The molecule has 0 atom stereocenters. The Bertz CT molecular complexity index is 318. The summed E-state index contributed by atoms with van der Waals surface area (Å²) in [7, 11) is 6.11. The molecule has 0 aromatic carbocycles. The van der Waals surface area contributed by atoms with Crippen molar-refractivity contribution in [3.63, 3.8) is 0 Å². The number of unbranched alkanes of at least 4 members (excludes halogenated alkanes) is 14. The van der Waals surface area contributed by atoms with Crippen molar-refractivity contribution in [3.05, 3.63) is 0 Å². The van der Waals surface area contributed by atoms with Crippen molar-refractivity contribution in [2.75, 3.05) is 34.2 Å². The number of hydrogen-bond donors (Lipinski definition) is 0. The van der Waals surface area contributed by atoms with Gasteiger partial charge in [-0.1, -0.05) is 96.8 Å². The Hall–Kier alpha value is -0.570. The van der Waals surface area contributed by atoms with Crippen molar-refractivity contribution in [3.8, 4) is 0 Å². The van der Waals surface area contributed by atoms with E-state index in [9.17, 15) is 4.79 Å². The van der Waals surface area contributed by atoms with Gasteiger partial charge in [-0.15, -0.1) is 0 Å². The monoisotopic (exact) mass is 382 g/mol. The first-order valence-corrected chi connectivity index (χ1v) is 12.0. The van der Waals surface area contributed by atoms with Crippen LogP contribution in [-0.2, 0) is 4.79 Å². The highest BCUT2D eigenvalue weighted by molar-refractivity contribution is 5.75. The van der Waals surface area contributed by atoms with Gasteiger partial charge >= 0.3 is 0 Å². The summed E-state index contributed by atoms with van der Waals surface area (Å²) < 4.78 is 0. The third kappa shape index (κ3) is 20.0. The molecule has 0 spiro atoms. The number of carbonyl (C=O) groups is 1. The Balaban J connectivity index is 3.25. The number of hydrogen-bond acceptors (Lipinski definition) is 2. The number of carbonyl (C=O) groups excluding carboxylic acids is 1. The van der Waals surface area contributed by atoms with Crippen LogP contribution in [0.25, 0.3) is 0 Å². The normalized spacial score (nSPS) is 11.3. The van der Waals surface area contributed by atoms with E-state index in [0.29, 0.717) is 5.91 Å². The first-order chi connectivity index (χ1) is 13.1. The lowest BCUT2D eigenvalue weighted by atomic mass is 10.0. The fourth-order valence-corrected chi connectivity index (χ4v) is 3.59. The molecular formula is C24H50N2O. The van der Waals surface area contributed by atoms with E-state index in [4.69, 9.17) is 0 Å². The average molecular weight is 383 g/mol. The molecule has 0 saturated carbocycles. The van der Waals surface area contributed by atoms with Crippen molar-refractivity contribution < 1.29 is 4.79 Å². The molecule has 0 saturated heterocycles. The van der Waals surface area contributed by atoms with Crippen LogP contribution in [-0.4, -0.2) is 49.9 Å². The molecular weight excluding hydrogens is 332 g/mol. The molecule has 0 unspecified atom stereocenters. The van der Waals surface area contributed by atoms with Crippen LogP contribution in [0.1, 0.15) is 116 Å². The summed E-state index contributed by atoms with van der Waals surface area (Å²) >= 11 is 0. The third-order valence-corrected chi connectivity index (χ3v) is 5.52. The predicted octanol–water partition coefficient (Wildman–Crippen LogP) is 6.66. The summed E-state index contributed by atoms with van der Waals surface area (Å²) in [6.07, 6.45) is 22.4. The number of amides is 1. The molecule has 3 heteroatoms. The van der Waals surface area contributed by atoms with Crippen LogP contribution in [0, 0.1) is 0 Å². The van der Waals surface area contributed by atoms with E-state index in [1.165, 1.54) is 89.9 Å². The van der Waals surface area contributed by atoms with E-state index < -0.39 is 0 Å². The SMILES string of the molecule is CCCCCCCCCCCCCCCCCC(=O)N(C)CCCN(C)C. The van der Waals surface area contributed by atoms with E-state index in [1.807, 2.05) is 11.9 Å². The average Bonchev–Trinajstić information content (AvgIpc) is 2.64. The second-order valence-electron chi connectivity index (χ2n) is 8.67. The van der Waals surface area contributed by atoms with E-state index in [0.717, 1.165) is 32.4 Å². The maximum atomic E-state index is 12.1. The van der Waals surface area contributed by atoms with Gasteiger partial charge in [0.05, 0.1) is 0 Å². The highest BCUT2D eigenvalue weighted by Crippen LogP contribution is 2.13. The second kappa shape index (κ2) is 20.2. The molecule has 0 rings (SSSR count). The van der Waals surface area contributed by atoms with Crippen LogP contribution in [0.15, 0.2) is 0 Å². The van der Waals surface area contributed by atoms with E-state index >= 15 is 0 Å². The fourth-order valence-electron chi connectivity index (χ4n) is 3.59. The van der Waals surface area contributed by atoms with Crippen molar-refractivity contribution in [1.82, 2.24) is 9.80 Å². The van der Waals surface area contributed by atoms with E-state index in [-0.39, 0.29) is 0 Å². The maximum absolute atomic E-state index is 12.1. The lowest BCUT2D eigenvalue weighted by molar-refractivity contribution is -0.130. The molecule has 0 heterocycles. The molecule has 0 aliphatic carbocycles. The van der Waals surface area contributed by atoms with Crippen molar-refractivity contribution in [1.29, 1.82) is 0 Å². The summed E-state index contributed by atoms with van der Waals surface area (Å²) in [5.74, 6) is 0.323. The molecule has 0 radical (unpaired) electrons. The molecule has 0 N–H and O–H groups in total. The maximum Gasteiger partial charge on any atom is 0.222 e. The smallest absolute Gasteiger partial charge is 0.222 e. The minimum Gasteiger partial charge on any atom is -0.346 e. The molecule has 0 aromatic heterocycles. The Morgan fingerprint density at radius 1 is 0.556 bits per heavy atom. The molecule has 0 bridgehead atoms. The highest BCUT2D eigenvalue weighted by Gasteiger charge is 2.07. The van der Waals surface area contributed by atoms with E-state index in [2.05, 4.69) is 25.9 Å². The third-order valence-electron chi connectivity index (χ3n) is 5.52. The lowest BCUT2D eigenvalue weighted by Crippen LogP contribution is -2.29. The molecule has 27 heavy (non-hydrogen) atoms. The van der Waals surface area contributed by atoms with Crippen LogP contribution in [0.4, 0.5) is 0 Å². The van der Waals surface area contributed by atoms with Gasteiger partial charge in [0.15, 0.2) is 0 Å². The molecule has 1 amide bonds. The lowest BCUT2D eigenvalue weighted by Gasteiger charge is -2.18. The van der Waals surface area contributed by atoms with Crippen LogP contribution in [0.3, 0.4) is 0 Å². The zero-order chi connectivity index (χ0) is 20.2. The van der Waals surface area contributed by atoms with Crippen molar-refractivity contribution in [2.45, 2.75) is 116 Å². The van der Waals surface area contributed by atoms with Gasteiger partial charge in [-0.3, -0.25) is 4.79 Å². The topological polar surface area (TPSA) is 23.6 Å². The minimum atomic E-state index is 0.323. The van der Waals surface area contributed by atoms with Gasteiger partial charge in [0.25, 0.3) is 0 Å². The Kier molecular flexibility index (Phi) is 19.7. The molecule has 0 aliphatic heterocycles. The molecule has 162 valence electrons. The van der Waals surface area contributed by atoms with Gasteiger partial charge < -0.3 is 9.80 Å². The first-order valence-electron chi connectivity index (χ1n) is 12.0. The minimum absolute atomic E-state index is 0.323. The fraction of sp³-hybridized carbons (Fsp3) is 0.958. The zero-order valence-electron chi connectivity index (χ0n) is 19.2. The summed E-state index contributed by atoms with van der Waals surface area (Å²) in [5, 5.41) is 0. The summed E-state index contributed by atoms with van der Waals surface area (Å²) in [6, 6.07) is 0. The van der Waals surface area contributed by atoms with Gasteiger partial charge in [0.1, 0.15) is 0 Å². The summed E-state index contributed by atoms with van der Waals surface area (Å²) in [6.45, 7) is 4.22. The van der Waals surface area contributed by atoms with Crippen LogP contribution < -0.4 is 0 Å². The standard InChI is InChI=1S/C24H50N2O/c1-5-6-7-8-9-10-11-12-13-14-15-16-17-18-19-21-24(27)26(4)23-20-22-25(2)3/h5-23H2,1-4H3. The van der Waals surface area contributed by atoms with Crippen LogP contribution >= 0.6 is 0 Å². The van der Waals surface area contributed by atoms with Gasteiger partial charge in [-0.25, -0.2) is 0 Å². The van der Waals surface area contributed by atoms with Crippen LogP contribution in [0.2, 0.25) is 0 Å².